The van der Waals surface area contributed by atoms with Gasteiger partial charge in [0.1, 0.15) is 11.4 Å². The van der Waals surface area contributed by atoms with E-state index in [-0.39, 0.29) is 24.0 Å². The van der Waals surface area contributed by atoms with E-state index in [0.717, 1.165) is 16.9 Å². The number of methoxy groups -OCH3 is 1. The number of carbonyl (C=O) groups excluding carboxylic acids is 2. The van der Waals surface area contributed by atoms with Crippen molar-refractivity contribution in [1.82, 2.24) is 10.2 Å². The van der Waals surface area contributed by atoms with E-state index < -0.39 is 17.4 Å². The summed E-state index contributed by atoms with van der Waals surface area (Å²) in [6.45, 7) is 2.82. The molecule has 6 nitrogen and oxygen atoms in total. The Hall–Kier alpha value is -2.83. The maximum Gasteiger partial charge on any atom is 0.230 e. The lowest BCUT2D eigenvalue weighted by Crippen LogP contribution is -2.44. The molecule has 5 atom stereocenters. The molecule has 166 valence electrons. The summed E-state index contributed by atoms with van der Waals surface area (Å²) < 4.78 is 11.5. The van der Waals surface area contributed by atoms with Gasteiger partial charge < -0.3 is 19.7 Å². The lowest BCUT2D eigenvalue weighted by Gasteiger charge is -2.28. The molecule has 2 aromatic carbocycles. The number of halogens is 1. The quantitative estimate of drug-likeness (QED) is 0.681. The van der Waals surface area contributed by atoms with Gasteiger partial charge >= 0.3 is 0 Å². The lowest BCUT2D eigenvalue weighted by atomic mass is 9.77. The Morgan fingerprint density at radius 3 is 2.66 bits per heavy atom. The highest BCUT2D eigenvalue weighted by atomic mass is 35.5. The zero-order valence-corrected chi connectivity index (χ0v) is 18.7. The van der Waals surface area contributed by atoms with Crippen LogP contribution in [0.1, 0.15) is 24.1 Å². The first-order valence-corrected chi connectivity index (χ1v) is 11.1. The number of carbonyl (C=O) groups is 2. The Morgan fingerprint density at radius 1 is 1.25 bits per heavy atom. The number of nitrogens with zero attached hydrogens (tertiary/aromatic N) is 1. The monoisotopic (exact) mass is 452 g/mol. The summed E-state index contributed by atoms with van der Waals surface area (Å²) in [4.78, 5) is 28.5. The largest absolute Gasteiger partial charge is 0.497 e. The average Bonchev–Trinajstić information content (AvgIpc) is 3.46. The Labute approximate surface area is 192 Å². The number of fused-ring (bicyclic) bond motifs is 1. The molecule has 3 aliphatic rings. The summed E-state index contributed by atoms with van der Waals surface area (Å²) >= 11 is 5.94. The highest BCUT2D eigenvalue weighted by Crippen LogP contribution is 2.53. The predicted octanol–water partition coefficient (Wildman–Crippen LogP) is 3.51. The smallest absolute Gasteiger partial charge is 0.230 e. The van der Waals surface area contributed by atoms with E-state index in [2.05, 4.69) is 5.32 Å². The van der Waals surface area contributed by atoms with E-state index in [4.69, 9.17) is 21.1 Å². The van der Waals surface area contributed by atoms with Crippen LogP contribution in [-0.4, -0.2) is 42.1 Å². The van der Waals surface area contributed by atoms with Crippen molar-refractivity contribution in [3.8, 4) is 5.75 Å². The van der Waals surface area contributed by atoms with Gasteiger partial charge in [-0.05, 0) is 42.3 Å². The Kier molecular flexibility index (Phi) is 5.22. The first-order chi connectivity index (χ1) is 15.4. The SMILES string of the molecule is COc1ccc(C(C)N2CC34C=C[C@@H](O3)C(C(=O)NCc3ccc(Cl)cc3)C4C2=O)cc1. The summed E-state index contributed by atoms with van der Waals surface area (Å²) in [6.07, 6.45) is 3.54. The zero-order chi connectivity index (χ0) is 22.5. The molecule has 0 aromatic heterocycles. The highest BCUT2D eigenvalue weighted by molar-refractivity contribution is 6.30. The van der Waals surface area contributed by atoms with E-state index in [9.17, 15) is 9.59 Å². The molecule has 2 fully saturated rings. The van der Waals surface area contributed by atoms with E-state index in [1.165, 1.54) is 0 Å². The van der Waals surface area contributed by atoms with Crippen LogP contribution in [0.15, 0.2) is 60.7 Å². The van der Waals surface area contributed by atoms with E-state index in [0.29, 0.717) is 18.1 Å². The van der Waals surface area contributed by atoms with Gasteiger partial charge in [-0.3, -0.25) is 9.59 Å². The third-order valence-electron chi connectivity index (χ3n) is 6.88. The van der Waals surface area contributed by atoms with Crippen molar-refractivity contribution in [2.45, 2.75) is 31.2 Å². The van der Waals surface area contributed by atoms with E-state index in [1.807, 2.05) is 60.4 Å². The molecular formula is C25H25ClN2O4. The molecule has 4 unspecified atom stereocenters. The van der Waals surface area contributed by atoms with Crippen LogP contribution in [0, 0.1) is 11.8 Å². The van der Waals surface area contributed by atoms with Crippen molar-refractivity contribution in [1.29, 1.82) is 0 Å². The topological polar surface area (TPSA) is 67.9 Å². The molecule has 32 heavy (non-hydrogen) atoms. The average molecular weight is 453 g/mol. The predicted molar refractivity (Wildman–Crippen MR) is 120 cm³/mol. The molecule has 2 amide bonds. The van der Waals surface area contributed by atoms with Gasteiger partial charge in [0.15, 0.2) is 0 Å². The minimum absolute atomic E-state index is 0.0354. The van der Waals surface area contributed by atoms with Crippen LogP contribution in [0.2, 0.25) is 5.02 Å². The minimum Gasteiger partial charge on any atom is -0.497 e. The third-order valence-corrected chi connectivity index (χ3v) is 7.13. The van der Waals surface area contributed by atoms with Crippen LogP contribution >= 0.6 is 11.6 Å². The summed E-state index contributed by atoms with van der Waals surface area (Å²) in [7, 11) is 1.63. The normalized spacial score (nSPS) is 28.7. The molecule has 7 heteroatoms. The van der Waals surface area contributed by atoms with E-state index >= 15 is 0 Å². The molecule has 2 saturated heterocycles. The summed E-state index contributed by atoms with van der Waals surface area (Å²) in [6, 6.07) is 14.9. The van der Waals surface area contributed by atoms with Crippen molar-refractivity contribution >= 4 is 23.4 Å². The number of hydrogen-bond donors (Lipinski definition) is 1. The fourth-order valence-electron chi connectivity index (χ4n) is 5.13. The molecule has 1 spiro atoms. The molecule has 3 aliphatic heterocycles. The van der Waals surface area contributed by atoms with Crippen molar-refractivity contribution < 1.29 is 19.1 Å². The number of ether oxygens (including phenoxy) is 2. The van der Waals surface area contributed by atoms with Crippen molar-refractivity contribution in [3.05, 3.63) is 76.8 Å². The summed E-state index contributed by atoms with van der Waals surface area (Å²) in [5, 5.41) is 3.63. The van der Waals surface area contributed by atoms with Gasteiger partial charge in [-0.1, -0.05) is 48.0 Å². The van der Waals surface area contributed by atoms with Crippen LogP contribution in [0.5, 0.6) is 5.75 Å². The first-order valence-electron chi connectivity index (χ1n) is 10.8. The second-order valence-corrected chi connectivity index (χ2v) is 9.10. The van der Waals surface area contributed by atoms with Gasteiger partial charge in [0.2, 0.25) is 11.8 Å². The second-order valence-electron chi connectivity index (χ2n) is 8.66. The number of likely N-dealkylation sites (tertiary alicyclic amines) is 1. The molecule has 0 radical (unpaired) electrons. The van der Waals surface area contributed by atoms with Gasteiger partial charge in [-0.25, -0.2) is 0 Å². The number of rotatable bonds is 6. The summed E-state index contributed by atoms with van der Waals surface area (Å²) in [5.41, 5.74) is 1.23. The molecular weight excluding hydrogens is 428 g/mol. The third kappa shape index (κ3) is 3.38. The lowest BCUT2D eigenvalue weighted by molar-refractivity contribution is -0.138. The van der Waals surface area contributed by atoms with Crippen LogP contribution < -0.4 is 10.1 Å². The van der Waals surface area contributed by atoms with Crippen LogP contribution in [-0.2, 0) is 20.9 Å². The standard InChI is InChI=1S/C25H25ClN2O4/c1-15(17-5-9-19(31-2)10-6-17)28-14-25-12-11-20(32-25)21(22(25)24(28)30)23(29)27-13-16-3-7-18(26)8-4-16/h3-12,15,20-22H,13-14H2,1-2H3,(H,27,29)/t15?,20-,21?,22?,25?/m1/s1. The Balaban J connectivity index is 1.33. The van der Waals surface area contributed by atoms with Crippen LogP contribution in [0.4, 0.5) is 0 Å². The Morgan fingerprint density at radius 2 is 1.97 bits per heavy atom. The van der Waals surface area contributed by atoms with Gasteiger partial charge in [0, 0.05) is 11.6 Å². The van der Waals surface area contributed by atoms with Crippen molar-refractivity contribution in [2.24, 2.45) is 11.8 Å². The first kappa shape index (κ1) is 21.0. The van der Waals surface area contributed by atoms with Gasteiger partial charge in [-0.2, -0.15) is 0 Å². The van der Waals surface area contributed by atoms with Crippen molar-refractivity contribution in [3.63, 3.8) is 0 Å². The molecule has 2 aromatic rings. The molecule has 5 rings (SSSR count). The molecule has 0 aliphatic carbocycles. The van der Waals surface area contributed by atoms with Crippen molar-refractivity contribution in [2.75, 3.05) is 13.7 Å². The fourth-order valence-corrected chi connectivity index (χ4v) is 5.25. The van der Waals surface area contributed by atoms with Crippen LogP contribution in [0.3, 0.4) is 0 Å². The van der Waals surface area contributed by atoms with Gasteiger partial charge in [-0.15, -0.1) is 0 Å². The minimum atomic E-state index is -0.731. The fraction of sp³-hybridized carbons (Fsp3) is 0.360. The number of amides is 2. The van der Waals surface area contributed by atoms with Gasteiger partial charge in [0.25, 0.3) is 0 Å². The molecule has 1 N–H and O–H groups in total. The maximum absolute atomic E-state index is 13.5. The molecule has 0 saturated carbocycles. The zero-order valence-electron chi connectivity index (χ0n) is 18.0. The summed E-state index contributed by atoms with van der Waals surface area (Å²) in [5.74, 6) is -0.469. The van der Waals surface area contributed by atoms with E-state index in [1.54, 1.807) is 19.2 Å². The number of hydrogen-bond acceptors (Lipinski definition) is 4. The second kappa shape index (κ2) is 7.94. The van der Waals surface area contributed by atoms with Crippen LogP contribution in [0.25, 0.3) is 0 Å². The Bertz CT molecular complexity index is 1070. The number of benzene rings is 2. The van der Waals surface area contributed by atoms with Gasteiger partial charge in [0.05, 0.1) is 37.6 Å². The maximum atomic E-state index is 13.5. The molecule has 2 bridgehead atoms. The molecule has 3 heterocycles. The highest BCUT2D eigenvalue weighted by Gasteiger charge is 2.67. The number of nitrogens with one attached hydrogen (secondary N) is 1.